The maximum atomic E-state index is 12.0. The second-order valence-corrected chi connectivity index (χ2v) is 4.75. The summed E-state index contributed by atoms with van der Waals surface area (Å²) in [5.41, 5.74) is 5.87. The summed E-state index contributed by atoms with van der Waals surface area (Å²) in [5.74, 6) is 0.332. The van der Waals surface area contributed by atoms with E-state index in [0.29, 0.717) is 0 Å². The highest BCUT2D eigenvalue weighted by Gasteiger charge is 2.24. The fourth-order valence-electron chi connectivity index (χ4n) is 1.76. The molecule has 1 amide bonds. The molecule has 4 nitrogen and oxygen atoms in total. The first kappa shape index (κ1) is 15.7. The van der Waals surface area contributed by atoms with Crippen LogP contribution in [0.25, 0.3) is 0 Å². The van der Waals surface area contributed by atoms with Crippen molar-refractivity contribution in [2.75, 3.05) is 33.2 Å². The van der Waals surface area contributed by atoms with Crippen LogP contribution in [0.1, 0.15) is 20.3 Å². The van der Waals surface area contributed by atoms with Crippen LogP contribution in [0.5, 0.6) is 0 Å². The molecule has 0 aliphatic carbocycles. The second-order valence-electron chi connectivity index (χ2n) is 4.75. The Bertz CT molecular complexity index is 223. The van der Waals surface area contributed by atoms with E-state index in [9.17, 15) is 4.79 Å². The van der Waals surface area contributed by atoms with E-state index in [1.54, 1.807) is 0 Å². The summed E-state index contributed by atoms with van der Waals surface area (Å²) in [6.45, 7) is 7.68. The first-order chi connectivity index (χ1) is 7.02. The average Bonchev–Trinajstić information content (AvgIpc) is 2.40. The second kappa shape index (κ2) is 7.09. The van der Waals surface area contributed by atoms with Gasteiger partial charge in [-0.2, -0.15) is 0 Å². The summed E-state index contributed by atoms with van der Waals surface area (Å²) < 4.78 is 0. The topological polar surface area (TPSA) is 49.6 Å². The Morgan fingerprint density at radius 3 is 2.38 bits per heavy atom. The minimum Gasteiger partial charge on any atom is -0.340 e. The van der Waals surface area contributed by atoms with Crippen LogP contribution in [0, 0.1) is 5.92 Å². The van der Waals surface area contributed by atoms with Crippen molar-refractivity contribution in [2.24, 2.45) is 11.7 Å². The van der Waals surface area contributed by atoms with Crippen LogP contribution in [0.2, 0.25) is 0 Å². The van der Waals surface area contributed by atoms with Crippen molar-refractivity contribution >= 4 is 18.3 Å². The van der Waals surface area contributed by atoms with Crippen LogP contribution in [0.15, 0.2) is 0 Å². The van der Waals surface area contributed by atoms with Gasteiger partial charge in [0.05, 0.1) is 6.04 Å². The third kappa shape index (κ3) is 4.28. The minimum absolute atomic E-state index is 0. The Morgan fingerprint density at radius 2 is 1.81 bits per heavy atom. The molecule has 0 aromatic carbocycles. The number of nitrogens with two attached hydrogens (primary N) is 1. The van der Waals surface area contributed by atoms with E-state index in [-0.39, 0.29) is 30.3 Å². The number of hydrogen-bond donors (Lipinski definition) is 1. The maximum absolute atomic E-state index is 12.0. The molecule has 2 N–H and O–H groups in total. The van der Waals surface area contributed by atoms with Gasteiger partial charge in [-0.3, -0.25) is 4.79 Å². The van der Waals surface area contributed by atoms with E-state index < -0.39 is 0 Å². The van der Waals surface area contributed by atoms with Crippen LogP contribution >= 0.6 is 12.4 Å². The van der Waals surface area contributed by atoms with Gasteiger partial charge in [0, 0.05) is 19.6 Å². The summed E-state index contributed by atoms with van der Waals surface area (Å²) in [5, 5.41) is 0. The Labute approximate surface area is 105 Å². The number of hydrogen-bond acceptors (Lipinski definition) is 3. The highest BCUT2D eigenvalue weighted by atomic mass is 35.5. The molecule has 1 fully saturated rings. The van der Waals surface area contributed by atoms with Crippen molar-refractivity contribution in [3.05, 3.63) is 0 Å². The lowest BCUT2D eigenvalue weighted by Crippen LogP contribution is -2.47. The summed E-state index contributed by atoms with van der Waals surface area (Å²) in [6.07, 6.45) is 1.05. The predicted molar refractivity (Wildman–Crippen MR) is 68.8 cm³/mol. The Morgan fingerprint density at radius 1 is 1.19 bits per heavy atom. The largest absolute Gasteiger partial charge is 0.340 e. The maximum Gasteiger partial charge on any atom is 0.239 e. The van der Waals surface area contributed by atoms with Crippen LogP contribution in [-0.2, 0) is 4.79 Å². The van der Waals surface area contributed by atoms with Crippen molar-refractivity contribution in [3.8, 4) is 0 Å². The Balaban J connectivity index is 0.00000225. The van der Waals surface area contributed by atoms with Crippen LogP contribution in [-0.4, -0.2) is 55.0 Å². The number of rotatable bonds is 2. The number of amides is 1. The molecular formula is C11H24ClN3O. The van der Waals surface area contributed by atoms with E-state index in [4.69, 9.17) is 5.73 Å². The molecule has 16 heavy (non-hydrogen) atoms. The molecule has 0 radical (unpaired) electrons. The highest BCUT2D eigenvalue weighted by Crippen LogP contribution is 2.07. The average molecular weight is 250 g/mol. The molecule has 0 aromatic rings. The van der Waals surface area contributed by atoms with Gasteiger partial charge in [0.2, 0.25) is 5.91 Å². The smallest absolute Gasteiger partial charge is 0.239 e. The quantitative estimate of drug-likeness (QED) is 0.778. The highest BCUT2D eigenvalue weighted by molar-refractivity contribution is 5.85. The number of likely N-dealkylation sites (N-methyl/N-ethyl adjacent to an activating group) is 1. The normalized spacial score (nSPS) is 20.2. The van der Waals surface area contributed by atoms with Gasteiger partial charge in [-0.15, -0.1) is 12.4 Å². The van der Waals surface area contributed by atoms with Gasteiger partial charge in [0.25, 0.3) is 0 Å². The van der Waals surface area contributed by atoms with E-state index in [0.717, 1.165) is 32.6 Å². The van der Waals surface area contributed by atoms with Gasteiger partial charge >= 0.3 is 0 Å². The van der Waals surface area contributed by atoms with E-state index >= 15 is 0 Å². The van der Waals surface area contributed by atoms with Gasteiger partial charge < -0.3 is 15.5 Å². The van der Waals surface area contributed by atoms with Gasteiger partial charge in [-0.1, -0.05) is 13.8 Å². The van der Waals surface area contributed by atoms with E-state index in [1.165, 1.54) is 0 Å². The Kier molecular flexibility index (Phi) is 6.95. The third-order valence-electron chi connectivity index (χ3n) is 3.03. The zero-order valence-corrected chi connectivity index (χ0v) is 11.3. The molecular weight excluding hydrogens is 226 g/mol. The standard InChI is InChI=1S/C11H23N3O.ClH/c1-9(2)10(12)11(15)14-6-4-5-13(3)7-8-14;/h9-10H,4-8,12H2,1-3H3;1H/t10-;/m1./s1. The van der Waals surface area contributed by atoms with Crippen molar-refractivity contribution < 1.29 is 4.79 Å². The molecule has 1 aliphatic rings. The lowest BCUT2D eigenvalue weighted by molar-refractivity contribution is -0.133. The van der Waals surface area contributed by atoms with Crippen molar-refractivity contribution in [3.63, 3.8) is 0 Å². The van der Waals surface area contributed by atoms with Gasteiger partial charge in [0.1, 0.15) is 0 Å². The molecule has 1 heterocycles. The summed E-state index contributed by atoms with van der Waals surface area (Å²) in [7, 11) is 2.09. The molecule has 0 bridgehead atoms. The molecule has 0 saturated carbocycles. The lowest BCUT2D eigenvalue weighted by atomic mass is 10.0. The molecule has 1 atom stereocenters. The molecule has 0 aromatic heterocycles. The number of carbonyl (C=O) groups is 1. The molecule has 0 spiro atoms. The van der Waals surface area contributed by atoms with Gasteiger partial charge in [0.15, 0.2) is 0 Å². The fraction of sp³-hybridized carbons (Fsp3) is 0.909. The van der Waals surface area contributed by atoms with Crippen LogP contribution < -0.4 is 5.73 Å². The molecule has 1 rings (SSSR count). The molecule has 0 unspecified atom stereocenters. The van der Waals surface area contributed by atoms with Crippen LogP contribution in [0.3, 0.4) is 0 Å². The number of nitrogens with zero attached hydrogens (tertiary/aromatic N) is 2. The minimum atomic E-state index is -0.339. The van der Waals surface area contributed by atoms with E-state index in [1.807, 2.05) is 18.7 Å². The Hall–Kier alpha value is -0.320. The third-order valence-corrected chi connectivity index (χ3v) is 3.03. The molecule has 1 aliphatic heterocycles. The lowest BCUT2D eigenvalue weighted by Gasteiger charge is -2.25. The first-order valence-electron chi connectivity index (χ1n) is 5.75. The molecule has 96 valence electrons. The van der Waals surface area contributed by atoms with Crippen molar-refractivity contribution in [1.29, 1.82) is 0 Å². The molecule has 1 saturated heterocycles. The number of carbonyl (C=O) groups excluding carboxylic acids is 1. The van der Waals surface area contributed by atoms with Crippen LogP contribution in [0.4, 0.5) is 0 Å². The van der Waals surface area contributed by atoms with Crippen molar-refractivity contribution in [1.82, 2.24) is 9.80 Å². The van der Waals surface area contributed by atoms with E-state index in [2.05, 4.69) is 11.9 Å². The SMILES string of the molecule is CC(C)[C@@H](N)C(=O)N1CCCN(C)CC1.Cl. The molecule has 5 heteroatoms. The first-order valence-corrected chi connectivity index (χ1v) is 5.75. The number of halogens is 1. The zero-order chi connectivity index (χ0) is 11.4. The monoisotopic (exact) mass is 249 g/mol. The summed E-state index contributed by atoms with van der Waals surface area (Å²) >= 11 is 0. The zero-order valence-electron chi connectivity index (χ0n) is 10.5. The van der Waals surface area contributed by atoms with Gasteiger partial charge in [-0.05, 0) is 25.9 Å². The predicted octanol–water partition coefficient (Wildman–Crippen LogP) is 0.556. The van der Waals surface area contributed by atoms with Gasteiger partial charge in [-0.25, -0.2) is 0 Å². The van der Waals surface area contributed by atoms with Crippen molar-refractivity contribution in [2.45, 2.75) is 26.3 Å². The summed E-state index contributed by atoms with van der Waals surface area (Å²) in [4.78, 5) is 16.2. The summed E-state index contributed by atoms with van der Waals surface area (Å²) in [6, 6.07) is -0.339. The fourth-order valence-corrected chi connectivity index (χ4v) is 1.76.